The quantitative estimate of drug-likeness (QED) is 0.355. The third-order valence-electron chi connectivity index (χ3n) is 2.89. The van der Waals surface area contributed by atoms with Crippen LogP contribution in [0.15, 0.2) is 11.0 Å². The molecule has 1 aromatic heterocycles. The van der Waals surface area contributed by atoms with Gasteiger partial charge in [0.05, 0.1) is 0 Å². The zero-order valence-electron chi connectivity index (χ0n) is 11.1. The number of nitrogens with one attached hydrogen (secondary N) is 1. The van der Waals surface area contributed by atoms with Crippen molar-refractivity contribution in [1.82, 2.24) is 9.55 Å². The van der Waals surface area contributed by atoms with E-state index in [0.29, 0.717) is 16.6 Å². The molecule has 8 nitrogen and oxygen atoms in total. The molecule has 20 heavy (non-hydrogen) atoms. The van der Waals surface area contributed by atoms with E-state index in [-0.39, 0.29) is 6.42 Å². The van der Waals surface area contributed by atoms with E-state index < -0.39 is 24.0 Å². The molecule has 1 aliphatic heterocycles. The summed E-state index contributed by atoms with van der Waals surface area (Å²) in [6, 6.07) is 0. The third kappa shape index (κ3) is 3.72. The van der Waals surface area contributed by atoms with Crippen LogP contribution in [0, 0.1) is 11.6 Å². The molecule has 0 aromatic carbocycles. The maximum Gasteiger partial charge on any atom is 0.328 e. The van der Waals surface area contributed by atoms with Gasteiger partial charge < -0.3 is 25.2 Å². The van der Waals surface area contributed by atoms with E-state index in [1.54, 1.807) is 13.1 Å². The highest BCUT2D eigenvalue weighted by atomic mass is 32.1. The molecule has 114 valence electrons. The predicted octanol–water partition coefficient (Wildman–Crippen LogP) is -0.869. The van der Waals surface area contributed by atoms with Gasteiger partial charge in [0.1, 0.15) is 17.0 Å². The fourth-order valence-corrected chi connectivity index (χ4v) is 2.05. The van der Waals surface area contributed by atoms with Gasteiger partial charge in [0.25, 0.3) is 0 Å². The molecule has 0 aliphatic carbocycles. The van der Waals surface area contributed by atoms with Gasteiger partial charge in [-0.1, -0.05) is 12.2 Å². The van der Waals surface area contributed by atoms with Gasteiger partial charge in [0.15, 0.2) is 0 Å². The molecule has 2 rings (SSSR count). The van der Waals surface area contributed by atoms with E-state index in [1.165, 1.54) is 4.57 Å². The Bertz CT molecular complexity index is 561. The molecule has 1 fully saturated rings. The Balaban J connectivity index is 0.000000956. The fourth-order valence-electron chi connectivity index (χ4n) is 1.91. The molecule has 2 heterocycles. The summed E-state index contributed by atoms with van der Waals surface area (Å²) in [7, 11) is 1.00. The zero-order chi connectivity index (χ0) is 15.5. The number of aromatic nitrogens is 2. The molecular formula is C11H18N2O6S. The average Bonchev–Trinajstić information content (AvgIpc) is 2.85. The molecule has 1 saturated heterocycles. The number of aliphatic hydroxyl groups excluding tert-OH is 1. The van der Waals surface area contributed by atoms with Crippen molar-refractivity contribution in [3.05, 3.63) is 26.9 Å². The van der Waals surface area contributed by atoms with Gasteiger partial charge in [0, 0.05) is 18.9 Å². The van der Waals surface area contributed by atoms with Crippen LogP contribution in [-0.4, -0.2) is 49.2 Å². The highest BCUT2D eigenvalue weighted by molar-refractivity contribution is 7.71. The molecule has 1 aromatic rings. The van der Waals surface area contributed by atoms with Crippen LogP contribution < -0.4 is 5.69 Å². The first-order valence-electron chi connectivity index (χ1n) is 5.88. The van der Waals surface area contributed by atoms with Crippen LogP contribution in [0.1, 0.15) is 24.6 Å². The van der Waals surface area contributed by atoms with Crippen molar-refractivity contribution in [2.24, 2.45) is 0 Å². The lowest BCUT2D eigenvalue weighted by Crippen LogP contribution is -2.42. The summed E-state index contributed by atoms with van der Waals surface area (Å²) in [4.78, 5) is 14.2. The maximum absolute atomic E-state index is 11.7. The summed E-state index contributed by atoms with van der Waals surface area (Å²) in [6.07, 6.45) is 0.367. The lowest BCUT2D eigenvalue weighted by Gasteiger charge is -2.22. The lowest BCUT2D eigenvalue weighted by atomic mass is 10.2. The highest BCUT2D eigenvalue weighted by Gasteiger charge is 2.40. The molecular weight excluding hydrogens is 288 g/mol. The molecule has 2 unspecified atom stereocenters. The standard InChI is InChI=1S/C10H14N2O5S.CH4O/c1-5-4-12(9(13)11-8(5)18)7-3-2-6(17-7)10(14,15)16;1-2/h4,6-7,14-16H,2-3H2,1H3,(H,11,13,18);2H,1H3. The summed E-state index contributed by atoms with van der Waals surface area (Å²) < 4.78 is 6.89. The van der Waals surface area contributed by atoms with Gasteiger partial charge in [-0.05, 0) is 19.8 Å². The van der Waals surface area contributed by atoms with Crippen molar-refractivity contribution in [1.29, 1.82) is 0 Å². The van der Waals surface area contributed by atoms with Crippen molar-refractivity contribution in [2.75, 3.05) is 7.11 Å². The predicted molar refractivity (Wildman–Crippen MR) is 71.3 cm³/mol. The van der Waals surface area contributed by atoms with Crippen LogP contribution in [0.2, 0.25) is 0 Å². The minimum atomic E-state index is -2.89. The molecule has 0 saturated carbocycles. The summed E-state index contributed by atoms with van der Waals surface area (Å²) in [5.41, 5.74) is 0.274. The maximum atomic E-state index is 11.7. The Morgan fingerprint density at radius 3 is 2.50 bits per heavy atom. The van der Waals surface area contributed by atoms with Crippen LogP contribution in [0.3, 0.4) is 0 Å². The number of aromatic amines is 1. The first-order chi connectivity index (χ1) is 9.29. The van der Waals surface area contributed by atoms with Crippen molar-refractivity contribution in [3.63, 3.8) is 0 Å². The normalized spacial score (nSPS) is 22.3. The number of hydrogen-bond donors (Lipinski definition) is 5. The minimum absolute atomic E-state index is 0.231. The zero-order valence-corrected chi connectivity index (χ0v) is 11.9. The smallest absolute Gasteiger partial charge is 0.328 e. The molecule has 2 atom stereocenters. The SMILES string of the molecule is CO.Cc1cn(C2CCC(C(O)(O)O)O2)c(=O)[nH]c1=S. The van der Waals surface area contributed by atoms with E-state index in [0.717, 1.165) is 7.11 Å². The monoisotopic (exact) mass is 306 g/mol. The molecule has 0 radical (unpaired) electrons. The second-order valence-electron chi connectivity index (χ2n) is 4.32. The second-order valence-corrected chi connectivity index (χ2v) is 4.73. The molecule has 0 bridgehead atoms. The Morgan fingerprint density at radius 2 is 2.00 bits per heavy atom. The van der Waals surface area contributed by atoms with Crippen molar-refractivity contribution in [3.8, 4) is 0 Å². The molecule has 0 spiro atoms. The third-order valence-corrected chi connectivity index (χ3v) is 3.31. The van der Waals surface area contributed by atoms with Crippen molar-refractivity contribution in [2.45, 2.75) is 38.1 Å². The molecule has 1 aliphatic rings. The van der Waals surface area contributed by atoms with Gasteiger partial charge in [-0.25, -0.2) is 4.79 Å². The first-order valence-corrected chi connectivity index (χ1v) is 6.29. The van der Waals surface area contributed by atoms with Gasteiger partial charge >= 0.3 is 11.7 Å². The number of aliphatic hydroxyl groups is 4. The number of H-pyrrole nitrogens is 1. The number of hydrogen-bond acceptors (Lipinski definition) is 7. The van der Waals surface area contributed by atoms with Crippen LogP contribution in [0.5, 0.6) is 0 Å². The Labute approximate surface area is 119 Å². The number of ether oxygens (including phenoxy) is 1. The Kier molecular flexibility index (Phi) is 5.57. The van der Waals surface area contributed by atoms with Crippen LogP contribution in [-0.2, 0) is 4.74 Å². The molecule has 0 amide bonds. The van der Waals surface area contributed by atoms with E-state index in [9.17, 15) is 4.79 Å². The fraction of sp³-hybridized carbons (Fsp3) is 0.636. The number of rotatable bonds is 2. The van der Waals surface area contributed by atoms with E-state index in [4.69, 9.17) is 37.4 Å². The van der Waals surface area contributed by atoms with Crippen LogP contribution >= 0.6 is 12.2 Å². The largest absolute Gasteiger partial charge is 0.400 e. The number of aryl methyl sites for hydroxylation is 1. The Hall–Kier alpha value is -1.10. The Morgan fingerprint density at radius 1 is 1.40 bits per heavy atom. The molecule has 9 heteroatoms. The summed E-state index contributed by atoms with van der Waals surface area (Å²) >= 11 is 4.93. The van der Waals surface area contributed by atoms with Gasteiger partial charge in [-0.2, -0.15) is 0 Å². The highest BCUT2D eigenvalue weighted by Crippen LogP contribution is 2.31. The van der Waals surface area contributed by atoms with Crippen molar-refractivity contribution >= 4 is 12.2 Å². The minimum Gasteiger partial charge on any atom is -0.400 e. The molecule has 5 N–H and O–H groups in total. The van der Waals surface area contributed by atoms with E-state index in [2.05, 4.69) is 4.98 Å². The van der Waals surface area contributed by atoms with Gasteiger partial charge in [0.2, 0.25) is 0 Å². The van der Waals surface area contributed by atoms with E-state index >= 15 is 0 Å². The summed E-state index contributed by atoms with van der Waals surface area (Å²) in [5.74, 6) is -2.89. The topological polar surface area (TPSA) is 128 Å². The lowest BCUT2D eigenvalue weighted by molar-refractivity contribution is -0.360. The number of nitrogens with zero attached hydrogens (tertiary/aromatic N) is 1. The van der Waals surface area contributed by atoms with Crippen LogP contribution in [0.25, 0.3) is 0 Å². The van der Waals surface area contributed by atoms with Gasteiger partial charge in [-0.15, -0.1) is 0 Å². The first kappa shape index (κ1) is 17.0. The second kappa shape index (κ2) is 6.57. The van der Waals surface area contributed by atoms with Gasteiger partial charge in [-0.3, -0.25) is 9.55 Å². The van der Waals surface area contributed by atoms with Crippen molar-refractivity contribution < 1.29 is 25.2 Å². The summed E-state index contributed by atoms with van der Waals surface area (Å²) in [5, 5.41) is 34.1. The van der Waals surface area contributed by atoms with E-state index in [1.807, 2.05) is 0 Å². The van der Waals surface area contributed by atoms with Crippen LogP contribution in [0.4, 0.5) is 0 Å². The summed E-state index contributed by atoms with van der Waals surface area (Å²) in [6.45, 7) is 1.75. The average molecular weight is 306 g/mol.